The van der Waals surface area contributed by atoms with Crippen LogP contribution in [-0.2, 0) is 10.0 Å². The van der Waals surface area contributed by atoms with Gasteiger partial charge in [-0.2, -0.15) is 0 Å². The normalized spacial score (nSPS) is 10.7. The molecule has 117 valence electrons. The molecule has 2 rings (SSSR count). The summed E-state index contributed by atoms with van der Waals surface area (Å²) in [4.78, 5) is 10.4. The van der Waals surface area contributed by atoms with Crippen LogP contribution in [0.3, 0.4) is 0 Å². The van der Waals surface area contributed by atoms with Crippen molar-refractivity contribution in [2.24, 2.45) is 0 Å². The number of benzene rings is 2. The Morgan fingerprint density at radius 2 is 1.61 bits per heavy atom. The van der Waals surface area contributed by atoms with E-state index >= 15 is 0 Å². The molecule has 0 aliphatic rings. The fourth-order valence-electron chi connectivity index (χ4n) is 1.61. The molecule has 0 unspecified atom stereocenters. The number of hydrogen-bond donors (Lipinski definition) is 1. The summed E-state index contributed by atoms with van der Waals surface area (Å²) >= 11 is 17.5. The molecule has 10 heteroatoms. The van der Waals surface area contributed by atoms with Crippen LogP contribution >= 0.6 is 34.8 Å². The van der Waals surface area contributed by atoms with E-state index in [-0.39, 0.29) is 77.7 Å². The average molecular weight is 419 g/mol. The fourth-order valence-corrected chi connectivity index (χ4v) is 3.60. The van der Waals surface area contributed by atoms with Gasteiger partial charge in [0.2, 0.25) is 0 Å². The molecule has 0 bridgehead atoms. The molecule has 2 aromatic carbocycles. The Labute approximate surface area is 190 Å². The van der Waals surface area contributed by atoms with Gasteiger partial charge in [-0.1, -0.05) is 40.9 Å². The van der Waals surface area contributed by atoms with Gasteiger partial charge in [0.15, 0.2) is 0 Å². The van der Waals surface area contributed by atoms with Gasteiger partial charge in [0, 0.05) is 56.4 Å². The minimum absolute atomic E-state index is 0. The number of halogens is 3. The number of carbonyl (C=O) groups is 1. The molecule has 0 aliphatic carbocycles. The molecule has 0 saturated carbocycles. The van der Waals surface area contributed by atoms with Crippen molar-refractivity contribution in [2.45, 2.75) is 4.90 Å². The first-order valence-electron chi connectivity index (χ1n) is 5.69. The van der Waals surface area contributed by atoms with Gasteiger partial charge in [0.25, 0.3) is 10.0 Å². The van der Waals surface area contributed by atoms with Crippen molar-refractivity contribution in [2.75, 3.05) is 4.72 Å². The van der Waals surface area contributed by atoms with Crippen molar-refractivity contribution in [1.29, 1.82) is 0 Å². The van der Waals surface area contributed by atoms with Crippen molar-refractivity contribution in [1.82, 2.24) is 0 Å². The second kappa shape index (κ2) is 8.51. The Kier molecular flexibility index (Phi) is 7.84. The van der Waals surface area contributed by atoms with Crippen molar-refractivity contribution in [3.63, 3.8) is 0 Å². The van der Waals surface area contributed by atoms with Crippen LogP contribution in [-0.4, -0.2) is 65.8 Å². The summed E-state index contributed by atoms with van der Waals surface area (Å²) in [5.41, 5.74) is -0.272. The smallest absolute Gasteiger partial charge is 0.263 e. The fraction of sp³-hybridized carbons (Fsp3) is 0. The SMILES string of the molecule is O=C([O-])c1ccc(Cl)c(S(=O)(=O)Nc2cc(Cl)ccc2Cl)c1.[K]. The van der Waals surface area contributed by atoms with Gasteiger partial charge >= 0.3 is 0 Å². The van der Waals surface area contributed by atoms with Crippen molar-refractivity contribution >= 4 is 108 Å². The van der Waals surface area contributed by atoms with Gasteiger partial charge in [-0.25, -0.2) is 8.42 Å². The summed E-state index contributed by atoms with van der Waals surface area (Å²) in [6.07, 6.45) is 0. The number of carboxylic acids is 1. The Morgan fingerprint density at radius 3 is 2.22 bits per heavy atom. The number of sulfonamides is 1. The van der Waals surface area contributed by atoms with Crippen LogP contribution in [0.1, 0.15) is 10.4 Å². The van der Waals surface area contributed by atoms with Crippen molar-refractivity contribution in [3.05, 3.63) is 57.0 Å². The monoisotopic (exact) mass is 417 g/mol. The summed E-state index contributed by atoms with van der Waals surface area (Å²) in [6, 6.07) is 7.42. The van der Waals surface area contributed by atoms with E-state index < -0.39 is 20.9 Å². The van der Waals surface area contributed by atoms with Gasteiger partial charge in [-0.15, -0.1) is 0 Å². The Hall–Kier alpha value is 0.166. The summed E-state index contributed by atoms with van der Waals surface area (Å²) in [5, 5.41) is 11.1. The third kappa shape index (κ3) is 5.32. The molecular formula is C13H7Cl3KNO4S-. The van der Waals surface area contributed by atoms with Crippen LogP contribution in [0, 0.1) is 0 Å². The molecule has 0 amide bonds. The minimum Gasteiger partial charge on any atom is -0.545 e. The van der Waals surface area contributed by atoms with E-state index in [1.165, 1.54) is 18.2 Å². The van der Waals surface area contributed by atoms with Gasteiger partial charge in [0.1, 0.15) is 4.90 Å². The van der Waals surface area contributed by atoms with E-state index in [1.807, 2.05) is 0 Å². The number of rotatable bonds is 4. The van der Waals surface area contributed by atoms with Gasteiger partial charge in [-0.3, -0.25) is 4.72 Å². The summed E-state index contributed by atoms with van der Waals surface area (Å²) in [7, 11) is -4.16. The molecule has 0 atom stereocenters. The largest absolute Gasteiger partial charge is 0.545 e. The Morgan fingerprint density at radius 1 is 1.00 bits per heavy atom. The third-order valence-corrected chi connectivity index (χ3v) is 5.04. The van der Waals surface area contributed by atoms with Crippen LogP contribution in [0.4, 0.5) is 5.69 Å². The number of nitrogens with one attached hydrogen (secondary N) is 1. The molecule has 1 radical (unpaired) electrons. The summed E-state index contributed by atoms with van der Waals surface area (Å²) < 4.78 is 26.9. The van der Waals surface area contributed by atoms with Crippen LogP contribution < -0.4 is 9.83 Å². The molecule has 1 N–H and O–H groups in total. The molecule has 0 aliphatic heterocycles. The molecule has 0 saturated heterocycles. The molecule has 0 fully saturated rings. The van der Waals surface area contributed by atoms with Crippen molar-refractivity contribution in [3.8, 4) is 0 Å². The van der Waals surface area contributed by atoms with E-state index in [0.717, 1.165) is 18.2 Å². The van der Waals surface area contributed by atoms with E-state index in [2.05, 4.69) is 4.72 Å². The number of hydrogen-bond acceptors (Lipinski definition) is 4. The summed E-state index contributed by atoms with van der Waals surface area (Å²) in [5.74, 6) is -1.52. The van der Waals surface area contributed by atoms with Crippen LogP contribution in [0.2, 0.25) is 15.1 Å². The number of carboxylic acid groups (broad SMARTS) is 1. The topological polar surface area (TPSA) is 86.3 Å². The molecule has 2 aromatic rings. The van der Waals surface area contributed by atoms with Gasteiger partial charge in [0.05, 0.1) is 21.7 Å². The first-order chi connectivity index (χ1) is 10.2. The molecule has 0 spiro atoms. The maximum absolute atomic E-state index is 12.4. The third-order valence-electron chi connectivity index (χ3n) is 2.63. The zero-order chi connectivity index (χ0) is 16.5. The maximum Gasteiger partial charge on any atom is 0.263 e. The van der Waals surface area contributed by atoms with Gasteiger partial charge < -0.3 is 9.90 Å². The second-order valence-corrected chi connectivity index (χ2v) is 7.06. The standard InChI is InChI=1S/C13H8Cl3NO4S.K/c14-8-2-4-9(15)11(6-8)17-22(20,21)12-5-7(13(18)19)1-3-10(12)16;/h1-6,17H,(H,18,19);/p-1. The summed E-state index contributed by atoms with van der Waals surface area (Å²) in [6.45, 7) is 0. The van der Waals surface area contributed by atoms with E-state index in [4.69, 9.17) is 34.8 Å². The zero-order valence-electron chi connectivity index (χ0n) is 11.6. The van der Waals surface area contributed by atoms with Gasteiger partial charge in [-0.05, 0) is 35.9 Å². The minimum atomic E-state index is -4.16. The number of anilines is 1. The van der Waals surface area contributed by atoms with Crippen molar-refractivity contribution < 1.29 is 18.3 Å². The average Bonchev–Trinajstić information content (AvgIpc) is 2.42. The van der Waals surface area contributed by atoms with Crippen LogP contribution in [0.25, 0.3) is 0 Å². The molecule has 5 nitrogen and oxygen atoms in total. The number of carbonyl (C=O) groups excluding carboxylic acids is 1. The molecule has 0 aromatic heterocycles. The molecule has 23 heavy (non-hydrogen) atoms. The Balaban J connectivity index is 0.00000264. The second-order valence-electron chi connectivity index (χ2n) is 4.16. The van der Waals surface area contributed by atoms with E-state index in [9.17, 15) is 18.3 Å². The Bertz CT molecular complexity index is 858. The van der Waals surface area contributed by atoms with E-state index in [1.54, 1.807) is 0 Å². The molecule has 0 heterocycles. The molecular weight excluding hydrogens is 412 g/mol. The predicted molar refractivity (Wildman–Crippen MR) is 88.8 cm³/mol. The van der Waals surface area contributed by atoms with E-state index in [0.29, 0.717) is 0 Å². The van der Waals surface area contributed by atoms with Crippen LogP contribution in [0.15, 0.2) is 41.3 Å². The first kappa shape index (κ1) is 21.2. The van der Waals surface area contributed by atoms with Crippen LogP contribution in [0.5, 0.6) is 0 Å². The first-order valence-corrected chi connectivity index (χ1v) is 8.31. The maximum atomic E-state index is 12.4. The number of aromatic carboxylic acids is 1. The zero-order valence-corrected chi connectivity index (χ0v) is 17.8. The quantitative estimate of drug-likeness (QED) is 0.773. The predicted octanol–water partition coefficient (Wildman–Crippen LogP) is 2.43.